The fourth-order valence-corrected chi connectivity index (χ4v) is 3.25. The topological polar surface area (TPSA) is 120 Å². The van der Waals surface area contributed by atoms with Crippen LogP contribution in [0.3, 0.4) is 0 Å². The summed E-state index contributed by atoms with van der Waals surface area (Å²) in [6, 6.07) is 9.87. The second-order valence-electron chi connectivity index (χ2n) is 5.91. The van der Waals surface area contributed by atoms with Crippen LogP contribution in [0.15, 0.2) is 42.0 Å². The number of tetrazole rings is 1. The first-order chi connectivity index (χ1) is 12.6. The lowest BCUT2D eigenvalue weighted by Crippen LogP contribution is -2.22. The van der Waals surface area contributed by atoms with Gasteiger partial charge < -0.3 is 10.5 Å². The van der Waals surface area contributed by atoms with Gasteiger partial charge in [-0.1, -0.05) is 19.1 Å². The number of nitrogens with two attached hydrogens (primary N) is 1. The molecule has 1 aliphatic rings. The van der Waals surface area contributed by atoms with Crippen LogP contribution < -0.4 is 10.5 Å². The van der Waals surface area contributed by atoms with Crippen molar-refractivity contribution in [2.75, 3.05) is 0 Å². The SMILES string of the molecule is CCc1nn(C)c2c1C(c1ccc(-n3cnnn3)cc1)C(C#N)=C(N)O2. The van der Waals surface area contributed by atoms with E-state index in [-0.39, 0.29) is 11.8 Å². The summed E-state index contributed by atoms with van der Waals surface area (Å²) in [5, 5.41) is 25.3. The van der Waals surface area contributed by atoms with E-state index < -0.39 is 0 Å². The van der Waals surface area contributed by atoms with E-state index in [9.17, 15) is 5.26 Å². The van der Waals surface area contributed by atoms with Gasteiger partial charge in [0.15, 0.2) is 0 Å². The van der Waals surface area contributed by atoms with Crippen LogP contribution in [0.5, 0.6) is 5.88 Å². The predicted octanol–water partition coefficient (Wildman–Crippen LogP) is 1.18. The number of benzene rings is 1. The molecule has 0 amide bonds. The Labute approximate surface area is 149 Å². The fourth-order valence-electron chi connectivity index (χ4n) is 3.25. The molecular formula is C17H16N8O. The van der Waals surface area contributed by atoms with Gasteiger partial charge in [-0.25, -0.2) is 9.36 Å². The van der Waals surface area contributed by atoms with E-state index >= 15 is 0 Å². The molecule has 9 nitrogen and oxygen atoms in total. The van der Waals surface area contributed by atoms with Crippen LogP contribution in [0.25, 0.3) is 5.69 Å². The minimum atomic E-state index is -0.324. The second-order valence-corrected chi connectivity index (χ2v) is 5.91. The zero-order chi connectivity index (χ0) is 18.3. The first-order valence-corrected chi connectivity index (χ1v) is 8.10. The summed E-state index contributed by atoms with van der Waals surface area (Å²) in [7, 11) is 1.81. The third-order valence-corrected chi connectivity index (χ3v) is 4.45. The number of nitriles is 1. The quantitative estimate of drug-likeness (QED) is 0.754. The van der Waals surface area contributed by atoms with E-state index in [1.807, 2.05) is 31.2 Å². The average molecular weight is 348 g/mol. The Balaban J connectivity index is 1.85. The normalized spacial score (nSPS) is 16.1. The number of hydrogen-bond donors (Lipinski definition) is 1. The standard InChI is InChI=1S/C17H16N8O/c1-3-13-15-14(12(8-18)16(19)26-17(15)24(2)21-13)10-4-6-11(7-5-10)25-9-20-22-23-25/h4-7,9,14H,3,19H2,1-2H3. The van der Waals surface area contributed by atoms with Crippen molar-refractivity contribution >= 4 is 0 Å². The van der Waals surface area contributed by atoms with Gasteiger partial charge in [-0.3, -0.25) is 0 Å². The van der Waals surface area contributed by atoms with Crippen LogP contribution in [0, 0.1) is 11.3 Å². The van der Waals surface area contributed by atoms with Crippen molar-refractivity contribution in [2.45, 2.75) is 19.3 Å². The minimum Gasteiger partial charge on any atom is -0.422 e. The molecule has 0 aliphatic carbocycles. The maximum Gasteiger partial charge on any atom is 0.224 e. The smallest absolute Gasteiger partial charge is 0.224 e. The highest BCUT2D eigenvalue weighted by Crippen LogP contribution is 2.43. The first kappa shape index (κ1) is 15.8. The summed E-state index contributed by atoms with van der Waals surface area (Å²) < 4.78 is 8.92. The Morgan fingerprint density at radius 1 is 1.31 bits per heavy atom. The van der Waals surface area contributed by atoms with Gasteiger partial charge in [0.2, 0.25) is 11.8 Å². The van der Waals surface area contributed by atoms with Gasteiger partial charge in [0.1, 0.15) is 18.0 Å². The number of allylic oxidation sites excluding steroid dienone is 1. The van der Waals surface area contributed by atoms with Crippen molar-refractivity contribution in [3.05, 3.63) is 58.9 Å². The number of hydrogen-bond acceptors (Lipinski definition) is 7. The Morgan fingerprint density at radius 3 is 2.69 bits per heavy atom. The van der Waals surface area contributed by atoms with Crippen molar-refractivity contribution in [2.24, 2.45) is 12.8 Å². The average Bonchev–Trinajstić information content (AvgIpc) is 3.29. The maximum absolute atomic E-state index is 9.67. The number of aromatic nitrogens is 6. The second kappa shape index (κ2) is 6.00. The molecule has 0 fully saturated rings. The molecule has 0 saturated carbocycles. The van der Waals surface area contributed by atoms with Crippen LogP contribution in [-0.4, -0.2) is 30.0 Å². The lowest BCUT2D eigenvalue weighted by molar-refractivity contribution is 0.358. The molecule has 2 aromatic heterocycles. The zero-order valence-electron chi connectivity index (χ0n) is 14.3. The Kier molecular flexibility index (Phi) is 3.65. The van der Waals surface area contributed by atoms with Crippen molar-refractivity contribution in [3.8, 4) is 17.6 Å². The largest absolute Gasteiger partial charge is 0.422 e. The maximum atomic E-state index is 9.67. The number of aryl methyl sites for hydroxylation is 2. The molecule has 0 bridgehead atoms. The molecular weight excluding hydrogens is 332 g/mol. The molecule has 0 radical (unpaired) electrons. The van der Waals surface area contributed by atoms with Crippen molar-refractivity contribution in [3.63, 3.8) is 0 Å². The number of fused-ring (bicyclic) bond motifs is 1. The molecule has 1 unspecified atom stereocenters. The van der Waals surface area contributed by atoms with Crippen LogP contribution in [0.2, 0.25) is 0 Å². The van der Waals surface area contributed by atoms with Gasteiger partial charge in [0.25, 0.3) is 0 Å². The number of rotatable bonds is 3. The van der Waals surface area contributed by atoms with Crippen LogP contribution in [0.4, 0.5) is 0 Å². The molecule has 2 N–H and O–H groups in total. The van der Waals surface area contributed by atoms with E-state index in [0.29, 0.717) is 11.5 Å². The summed E-state index contributed by atoms with van der Waals surface area (Å²) in [4.78, 5) is 0. The molecule has 1 aliphatic heterocycles. The van der Waals surface area contributed by atoms with E-state index in [2.05, 4.69) is 26.7 Å². The lowest BCUT2D eigenvalue weighted by atomic mass is 9.83. The van der Waals surface area contributed by atoms with Gasteiger partial charge in [0.05, 0.1) is 22.9 Å². The highest BCUT2D eigenvalue weighted by atomic mass is 16.5. The summed E-state index contributed by atoms with van der Waals surface area (Å²) in [5.74, 6) is 0.364. The highest BCUT2D eigenvalue weighted by Gasteiger charge is 2.35. The van der Waals surface area contributed by atoms with Gasteiger partial charge in [-0.2, -0.15) is 10.4 Å². The fraction of sp³-hybridized carbons (Fsp3) is 0.235. The van der Waals surface area contributed by atoms with Gasteiger partial charge in [0, 0.05) is 7.05 Å². The third-order valence-electron chi connectivity index (χ3n) is 4.45. The Bertz CT molecular complexity index is 1020. The monoisotopic (exact) mass is 348 g/mol. The van der Waals surface area contributed by atoms with Gasteiger partial charge in [-0.15, -0.1) is 5.10 Å². The number of ether oxygens (including phenoxy) is 1. The summed E-state index contributed by atoms with van der Waals surface area (Å²) >= 11 is 0. The molecule has 4 rings (SSSR count). The summed E-state index contributed by atoms with van der Waals surface area (Å²) in [6.45, 7) is 2.02. The molecule has 9 heteroatoms. The molecule has 3 aromatic rings. The molecule has 0 saturated heterocycles. The van der Waals surface area contributed by atoms with E-state index in [0.717, 1.165) is 28.9 Å². The van der Waals surface area contributed by atoms with Crippen molar-refractivity contribution in [1.29, 1.82) is 5.26 Å². The molecule has 130 valence electrons. The molecule has 26 heavy (non-hydrogen) atoms. The van der Waals surface area contributed by atoms with Gasteiger partial charge in [-0.05, 0) is 34.5 Å². The van der Waals surface area contributed by atoms with E-state index in [1.165, 1.54) is 6.33 Å². The highest BCUT2D eigenvalue weighted by molar-refractivity contribution is 5.56. The van der Waals surface area contributed by atoms with Crippen LogP contribution in [0.1, 0.15) is 29.7 Å². The minimum absolute atomic E-state index is 0.111. The van der Waals surface area contributed by atoms with Crippen molar-refractivity contribution in [1.82, 2.24) is 30.0 Å². The van der Waals surface area contributed by atoms with Gasteiger partial charge >= 0.3 is 0 Å². The van der Waals surface area contributed by atoms with E-state index in [4.69, 9.17) is 10.5 Å². The molecule has 0 spiro atoms. The Hall–Kier alpha value is -3.67. The first-order valence-electron chi connectivity index (χ1n) is 8.10. The van der Waals surface area contributed by atoms with Crippen LogP contribution in [-0.2, 0) is 13.5 Å². The molecule has 1 aromatic carbocycles. The molecule has 3 heterocycles. The third kappa shape index (κ3) is 2.31. The van der Waals surface area contributed by atoms with E-state index in [1.54, 1.807) is 16.4 Å². The zero-order valence-corrected chi connectivity index (χ0v) is 14.3. The summed E-state index contributed by atoms with van der Waals surface area (Å²) in [5.41, 5.74) is 9.93. The Morgan fingerprint density at radius 2 is 2.08 bits per heavy atom. The number of nitrogens with zero attached hydrogens (tertiary/aromatic N) is 7. The van der Waals surface area contributed by atoms with Crippen molar-refractivity contribution < 1.29 is 4.74 Å². The van der Waals surface area contributed by atoms with Crippen LogP contribution >= 0.6 is 0 Å². The summed E-state index contributed by atoms with van der Waals surface area (Å²) in [6.07, 6.45) is 2.25. The lowest BCUT2D eigenvalue weighted by Gasteiger charge is -2.24. The predicted molar refractivity (Wildman–Crippen MR) is 91.0 cm³/mol. The molecule has 1 atom stereocenters.